The molecular weight excluding hydrogens is 319 g/mol. The first-order chi connectivity index (χ1) is 9.86. The van der Waals surface area contributed by atoms with Gasteiger partial charge in [-0.25, -0.2) is 9.97 Å². The molecule has 2 aromatic rings. The van der Waals surface area contributed by atoms with Crippen molar-refractivity contribution in [2.45, 2.75) is 6.92 Å². The Hall–Kier alpha value is -2.25. The first-order valence-electron chi connectivity index (χ1n) is 5.63. The quantitative estimate of drug-likeness (QED) is 0.404. The summed E-state index contributed by atoms with van der Waals surface area (Å²) in [5.74, 6) is -0.337. The standard InChI is InChI=1S/C12H8Cl2N4O3/c1-6-4-7(18(20)21)2-3-8(6)11(19)16-10-5-9(13)15-12(14)17-10/h2-5H,1H3,(H,15,16,17,19). The third-order valence-electron chi connectivity index (χ3n) is 2.57. The first-order valence-corrected chi connectivity index (χ1v) is 6.39. The smallest absolute Gasteiger partial charge is 0.269 e. The van der Waals surface area contributed by atoms with Crippen LogP contribution in [0.15, 0.2) is 24.3 Å². The van der Waals surface area contributed by atoms with E-state index in [1.807, 2.05) is 0 Å². The zero-order valence-corrected chi connectivity index (χ0v) is 12.1. The van der Waals surface area contributed by atoms with Gasteiger partial charge in [-0.1, -0.05) is 11.6 Å². The lowest BCUT2D eigenvalue weighted by atomic mass is 10.1. The van der Waals surface area contributed by atoms with Crippen molar-refractivity contribution in [1.29, 1.82) is 0 Å². The molecular formula is C12H8Cl2N4O3. The topological polar surface area (TPSA) is 98.0 Å². The van der Waals surface area contributed by atoms with Crippen molar-refractivity contribution in [1.82, 2.24) is 9.97 Å². The number of carbonyl (C=O) groups excluding carboxylic acids is 1. The fourth-order valence-electron chi connectivity index (χ4n) is 1.65. The molecule has 0 atom stereocenters. The predicted molar refractivity (Wildman–Crippen MR) is 77.8 cm³/mol. The minimum Gasteiger partial charge on any atom is -0.306 e. The largest absolute Gasteiger partial charge is 0.306 e. The Bertz CT molecular complexity index is 716. The minimum atomic E-state index is -0.529. The molecule has 0 saturated carbocycles. The lowest BCUT2D eigenvalue weighted by Gasteiger charge is -2.07. The molecule has 0 aliphatic rings. The van der Waals surface area contributed by atoms with Crippen LogP contribution in [-0.4, -0.2) is 20.8 Å². The summed E-state index contributed by atoms with van der Waals surface area (Å²) in [6.45, 7) is 1.60. The van der Waals surface area contributed by atoms with Crippen LogP contribution in [0.4, 0.5) is 11.5 Å². The van der Waals surface area contributed by atoms with Crippen LogP contribution < -0.4 is 5.32 Å². The maximum absolute atomic E-state index is 12.1. The summed E-state index contributed by atoms with van der Waals surface area (Å²) in [5.41, 5.74) is 0.664. The van der Waals surface area contributed by atoms with E-state index in [-0.39, 0.29) is 27.5 Å². The van der Waals surface area contributed by atoms with Crippen molar-refractivity contribution in [3.63, 3.8) is 0 Å². The van der Waals surface area contributed by atoms with Gasteiger partial charge in [0.15, 0.2) is 0 Å². The normalized spacial score (nSPS) is 10.2. The van der Waals surface area contributed by atoms with Gasteiger partial charge < -0.3 is 5.32 Å². The molecule has 0 aliphatic carbocycles. The number of carbonyl (C=O) groups is 1. The van der Waals surface area contributed by atoms with Crippen molar-refractivity contribution < 1.29 is 9.72 Å². The third kappa shape index (κ3) is 3.65. The molecule has 0 fully saturated rings. The van der Waals surface area contributed by atoms with E-state index in [2.05, 4.69) is 15.3 Å². The van der Waals surface area contributed by atoms with Crippen LogP contribution in [0.2, 0.25) is 10.4 Å². The highest BCUT2D eigenvalue weighted by Gasteiger charge is 2.14. The Morgan fingerprint density at radius 3 is 2.57 bits per heavy atom. The fourth-order valence-corrected chi connectivity index (χ4v) is 2.06. The molecule has 1 aromatic heterocycles. The summed E-state index contributed by atoms with van der Waals surface area (Å²) in [7, 11) is 0. The molecule has 0 bridgehead atoms. The van der Waals surface area contributed by atoms with Gasteiger partial charge in [-0.3, -0.25) is 14.9 Å². The number of halogens is 2. The predicted octanol–water partition coefficient (Wildman–Crippen LogP) is 3.25. The molecule has 0 spiro atoms. The van der Waals surface area contributed by atoms with Crippen LogP contribution in [0, 0.1) is 17.0 Å². The van der Waals surface area contributed by atoms with E-state index in [0.717, 1.165) is 0 Å². The van der Waals surface area contributed by atoms with Crippen LogP contribution in [-0.2, 0) is 0 Å². The molecule has 0 aliphatic heterocycles. The fraction of sp³-hybridized carbons (Fsp3) is 0.0833. The number of nitrogens with one attached hydrogen (secondary N) is 1. The molecule has 1 amide bonds. The summed E-state index contributed by atoms with van der Waals surface area (Å²) in [4.78, 5) is 29.7. The van der Waals surface area contributed by atoms with Crippen molar-refractivity contribution in [2.24, 2.45) is 0 Å². The number of aromatic nitrogens is 2. The molecule has 0 unspecified atom stereocenters. The summed E-state index contributed by atoms with van der Waals surface area (Å²) in [6, 6.07) is 5.27. The van der Waals surface area contributed by atoms with Gasteiger partial charge in [0.2, 0.25) is 5.28 Å². The number of hydrogen-bond donors (Lipinski definition) is 1. The summed E-state index contributed by atoms with van der Waals surface area (Å²) in [5, 5.41) is 13.1. The van der Waals surface area contributed by atoms with Crippen LogP contribution in [0.5, 0.6) is 0 Å². The van der Waals surface area contributed by atoms with Gasteiger partial charge in [0.1, 0.15) is 11.0 Å². The number of nitro benzene ring substituents is 1. The van der Waals surface area contributed by atoms with Gasteiger partial charge in [-0.05, 0) is 30.2 Å². The molecule has 2 rings (SSSR count). The number of aryl methyl sites for hydroxylation is 1. The van der Waals surface area contributed by atoms with Gasteiger partial charge in [-0.2, -0.15) is 0 Å². The summed E-state index contributed by atoms with van der Waals surface area (Å²) >= 11 is 11.3. The van der Waals surface area contributed by atoms with Crippen molar-refractivity contribution in [3.05, 3.63) is 55.9 Å². The van der Waals surface area contributed by atoms with E-state index in [1.165, 1.54) is 24.3 Å². The molecule has 1 aromatic carbocycles. The average molecular weight is 327 g/mol. The zero-order chi connectivity index (χ0) is 15.6. The Labute approximate surface area is 129 Å². The highest BCUT2D eigenvalue weighted by molar-refractivity contribution is 6.32. The van der Waals surface area contributed by atoms with E-state index in [1.54, 1.807) is 6.92 Å². The second kappa shape index (κ2) is 6.02. The molecule has 7 nitrogen and oxygen atoms in total. The molecule has 0 radical (unpaired) electrons. The number of benzene rings is 1. The van der Waals surface area contributed by atoms with E-state index in [0.29, 0.717) is 5.56 Å². The Kier molecular flexibility index (Phi) is 4.35. The Morgan fingerprint density at radius 1 is 1.29 bits per heavy atom. The van der Waals surface area contributed by atoms with E-state index >= 15 is 0 Å². The number of nitro groups is 1. The van der Waals surface area contributed by atoms with E-state index < -0.39 is 10.8 Å². The van der Waals surface area contributed by atoms with Gasteiger partial charge in [-0.15, -0.1) is 0 Å². The molecule has 1 N–H and O–H groups in total. The number of nitrogens with zero attached hydrogens (tertiary/aromatic N) is 3. The van der Waals surface area contributed by atoms with E-state index in [9.17, 15) is 14.9 Å². The van der Waals surface area contributed by atoms with Crippen LogP contribution in [0.25, 0.3) is 0 Å². The SMILES string of the molecule is Cc1cc([N+](=O)[O-])ccc1C(=O)Nc1cc(Cl)nc(Cl)n1. The second-order valence-electron chi connectivity index (χ2n) is 4.06. The number of non-ortho nitro benzene ring substituents is 1. The molecule has 0 saturated heterocycles. The van der Waals surface area contributed by atoms with Gasteiger partial charge in [0.25, 0.3) is 11.6 Å². The number of anilines is 1. The zero-order valence-electron chi connectivity index (χ0n) is 10.6. The van der Waals surface area contributed by atoms with Crippen molar-refractivity contribution >= 4 is 40.6 Å². The second-order valence-corrected chi connectivity index (χ2v) is 4.78. The monoisotopic (exact) mass is 326 g/mol. The maximum atomic E-state index is 12.1. The first kappa shape index (κ1) is 15.1. The Morgan fingerprint density at radius 2 is 2.00 bits per heavy atom. The van der Waals surface area contributed by atoms with Crippen LogP contribution in [0.3, 0.4) is 0 Å². The average Bonchev–Trinajstić information content (AvgIpc) is 2.36. The molecule has 9 heteroatoms. The lowest BCUT2D eigenvalue weighted by molar-refractivity contribution is -0.384. The van der Waals surface area contributed by atoms with Gasteiger partial charge in [0, 0.05) is 23.8 Å². The van der Waals surface area contributed by atoms with Crippen molar-refractivity contribution in [2.75, 3.05) is 5.32 Å². The highest BCUT2D eigenvalue weighted by Crippen LogP contribution is 2.19. The summed E-state index contributed by atoms with van der Waals surface area (Å²) in [6.07, 6.45) is 0. The van der Waals surface area contributed by atoms with E-state index in [4.69, 9.17) is 23.2 Å². The Balaban J connectivity index is 2.26. The molecule has 21 heavy (non-hydrogen) atoms. The minimum absolute atomic E-state index is 0.0859. The number of amides is 1. The number of rotatable bonds is 3. The van der Waals surface area contributed by atoms with Crippen molar-refractivity contribution in [3.8, 4) is 0 Å². The molecule has 1 heterocycles. The summed E-state index contributed by atoms with van der Waals surface area (Å²) < 4.78 is 0. The third-order valence-corrected chi connectivity index (χ3v) is 2.94. The van der Waals surface area contributed by atoms with Crippen LogP contribution in [0.1, 0.15) is 15.9 Å². The van der Waals surface area contributed by atoms with Gasteiger partial charge in [0.05, 0.1) is 4.92 Å². The van der Waals surface area contributed by atoms with Crippen LogP contribution >= 0.6 is 23.2 Å². The number of hydrogen-bond acceptors (Lipinski definition) is 5. The molecule has 108 valence electrons. The highest BCUT2D eigenvalue weighted by atomic mass is 35.5. The lowest BCUT2D eigenvalue weighted by Crippen LogP contribution is -2.14. The van der Waals surface area contributed by atoms with Gasteiger partial charge >= 0.3 is 0 Å². The maximum Gasteiger partial charge on any atom is 0.269 e.